The zero-order valence-electron chi connectivity index (χ0n) is 13.6. The number of furan rings is 1. The molecule has 0 aliphatic carbocycles. The van der Waals surface area contributed by atoms with Crippen molar-refractivity contribution in [3.05, 3.63) is 23.7 Å². The van der Waals surface area contributed by atoms with Gasteiger partial charge < -0.3 is 15.1 Å². The van der Waals surface area contributed by atoms with Gasteiger partial charge in [-0.05, 0) is 12.1 Å². The maximum Gasteiger partial charge on any atom is 0.405 e. The Morgan fingerprint density at radius 3 is 2.56 bits per heavy atom. The van der Waals surface area contributed by atoms with E-state index in [0.717, 1.165) is 6.26 Å². The standard InChI is InChI=1S/C14H20F3N3O4S/c1-25(22,23)9-10-2-3-11(24-10)13(21)19-8-12(14(15,16)17)20-6-4-18-5-7-20/h2-3,12,18H,4-9H2,1H3,(H,19,21). The van der Waals surface area contributed by atoms with Crippen LogP contribution in [0.25, 0.3) is 0 Å². The Morgan fingerprint density at radius 2 is 2.00 bits per heavy atom. The molecule has 1 atom stereocenters. The predicted octanol–water partition coefficient (Wildman–Crippen LogP) is 0.390. The van der Waals surface area contributed by atoms with Gasteiger partial charge in [0.15, 0.2) is 15.6 Å². The molecule has 0 saturated carbocycles. The van der Waals surface area contributed by atoms with Gasteiger partial charge in [0.1, 0.15) is 17.6 Å². The summed E-state index contributed by atoms with van der Waals surface area (Å²) in [5, 5.41) is 5.19. The monoisotopic (exact) mass is 383 g/mol. The lowest BCUT2D eigenvalue weighted by molar-refractivity contribution is -0.183. The van der Waals surface area contributed by atoms with E-state index >= 15 is 0 Å². The summed E-state index contributed by atoms with van der Waals surface area (Å²) < 4.78 is 67.2. The van der Waals surface area contributed by atoms with Gasteiger partial charge in [-0.2, -0.15) is 13.2 Å². The average Bonchev–Trinajstić information content (AvgIpc) is 2.93. The number of hydrogen-bond acceptors (Lipinski definition) is 6. The molecule has 7 nitrogen and oxygen atoms in total. The van der Waals surface area contributed by atoms with E-state index < -0.39 is 34.5 Å². The van der Waals surface area contributed by atoms with Crippen LogP contribution in [0.15, 0.2) is 16.5 Å². The average molecular weight is 383 g/mol. The van der Waals surface area contributed by atoms with E-state index in [1.807, 2.05) is 0 Å². The Balaban J connectivity index is 1.98. The summed E-state index contributed by atoms with van der Waals surface area (Å²) in [6.45, 7) is 0.768. The van der Waals surface area contributed by atoms with Crippen LogP contribution < -0.4 is 10.6 Å². The van der Waals surface area contributed by atoms with Crippen LogP contribution in [0.5, 0.6) is 0 Å². The third-order valence-corrected chi connectivity index (χ3v) is 4.52. The van der Waals surface area contributed by atoms with Crippen molar-refractivity contribution in [2.75, 3.05) is 39.0 Å². The molecule has 1 saturated heterocycles. The zero-order valence-corrected chi connectivity index (χ0v) is 14.4. The molecule has 2 rings (SSSR count). The fourth-order valence-electron chi connectivity index (χ4n) is 2.56. The smallest absolute Gasteiger partial charge is 0.405 e. The number of alkyl halides is 3. The first-order valence-electron chi connectivity index (χ1n) is 7.62. The molecule has 1 aromatic heterocycles. The maximum absolute atomic E-state index is 13.2. The Hall–Kier alpha value is -1.59. The quantitative estimate of drug-likeness (QED) is 0.739. The molecular weight excluding hydrogens is 363 g/mol. The Morgan fingerprint density at radius 1 is 1.36 bits per heavy atom. The second-order valence-corrected chi connectivity index (χ2v) is 8.03. The molecule has 1 aliphatic heterocycles. The predicted molar refractivity (Wildman–Crippen MR) is 83.9 cm³/mol. The number of piperazine rings is 1. The van der Waals surface area contributed by atoms with Gasteiger partial charge >= 0.3 is 6.18 Å². The van der Waals surface area contributed by atoms with Crippen molar-refractivity contribution in [3.63, 3.8) is 0 Å². The van der Waals surface area contributed by atoms with Gasteiger partial charge in [0.05, 0.1) is 0 Å². The molecule has 1 fully saturated rings. The van der Waals surface area contributed by atoms with Crippen molar-refractivity contribution in [1.82, 2.24) is 15.5 Å². The number of nitrogens with one attached hydrogen (secondary N) is 2. The van der Waals surface area contributed by atoms with Gasteiger partial charge in [0.2, 0.25) is 0 Å². The Bertz CT molecular complexity index is 696. The zero-order chi connectivity index (χ0) is 18.7. The number of amides is 1. The molecule has 25 heavy (non-hydrogen) atoms. The number of hydrogen-bond donors (Lipinski definition) is 2. The summed E-state index contributed by atoms with van der Waals surface area (Å²) in [6, 6.07) is 0.764. The highest BCUT2D eigenvalue weighted by molar-refractivity contribution is 7.89. The first kappa shape index (κ1) is 19.7. The molecule has 0 bridgehead atoms. The van der Waals surface area contributed by atoms with Gasteiger partial charge in [-0.25, -0.2) is 8.42 Å². The minimum atomic E-state index is -4.48. The Kier molecular flexibility index (Phi) is 6.12. The van der Waals surface area contributed by atoms with E-state index in [2.05, 4.69) is 10.6 Å². The van der Waals surface area contributed by atoms with Crippen LogP contribution in [0.4, 0.5) is 13.2 Å². The lowest BCUT2D eigenvalue weighted by Gasteiger charge is -2.35. The minimum Gasteiger partial charge on any atom is -0.455 e. The highest BCUT2D eigenvalue weighted by Gasteiger charge is 2.43. The molecule has 1 amide bonds. The van der Waals surface area contributed by atoms with Crippen molar-refractivity contribution in [3.8, 4) is 0 Å². The molecule has 142 valence electrons. The number of sulfone groups is 1. The topological polar surface area (TPSA) is 91.7 Å². The van der Waals surface area contributed by atoms with Crippen molar-refractivity contribution in [2.24, 2.45) is 0 Å². The summed E-state index contributed by atoms with van der Waals surface area (Å²) in [4.78, 5) is 13.3. The van der Waals surface area contributed by atoms with Gasteiger partial charge in [-0.15, -0.1) is 0 Å². The summed E-state index contributed by atoms with van der Waals surface area (Å²) >= 11 is 0. The number of carbonyl (C=O) groups is 1. The van der Waals surface area contributed by atoms with Gasteiger partial charge in [-0.1, -0.05) is 0 Å². The summed E-state index contributed by atoms with van der Waals surface area (Å²) in [6.07, 6.45) is -3.47. The molecule has 0 spiro atoms. The van der Waals surface area contributed by atoms with Crippen LogP contribution in [0.1, 0.15) is 16.3 Å². The van der Waals surface area contributed by atoms with Crippen molar-refractivity contribution in [1.29, 1.82) is 0 Å². The van der Waals surface area contributed by atoms with E-state index in [0.29, 0.717) is 13.1 Å². The summed E-state index contributed by atoms with van der Waals surface area (Å²) in [5.41, 5.74) is 0. The fourth-order valence-corrected chi connectivity index (χ4v) is 3.23. The van der Waals surface area contributed by atoms with E-state index in [9.17, 15) is 26.4 Å². The molecule has 1 unspecified atom stereocenters. The molecule has 2 heterocycles. The largest absolute Gasteiger partial charge is 0.455 e. The lowest BCUT2D eigenvalue weighted by atomic mass is 10.2. The normalized spacial score (nSPS) is 18.1. The SMILES string of the molecule is CS(=O)(=O)Cc1ccc(C(=O)NCC(N2CCNCC2)C(F)(F)F)o1. The molecule has 0 aromatic carbocycles. The minimum absolute atomic E-state index is 0.0575. The maximum atomic E-state index is 13.2. The van der Waals surface area contributed by atoms with Gasteiger partial charge in [0.25, 0.3) is 5.91 Å². The third kappa shape index (κ3) is 6.01. The van der Waals surface area contributed by atoms with Gasteiger partial charge in [0, 0.05) is 39.0 Å². The molecule has 2 N–H and O–H groups in total. The number of rotatable bonds is 6. The van der Waals surface area contributed by atoms with Crippen LogP contribution in [0, 0.1) is 0 Å². The molecule has 1 aliphatic rings. The second kappa shape index (κ2) is 7.75. The van der Waals surface area contributed by atoms with E-state index in [1.165, 1.54) is 17.0 Å². The lowest BCUT2D eigenvalue weighted by Crippen LogP contribution is -2.57. The molecular formula is C14H20F3N3O4S. The summed E-state index contributed by atoms with van der Waals surface area (Å²) in [5.74, 6) is -1.36. The molecule has 1 aromatic rings. The number of carbonyl (C=O) groups excluding carboxylic acids is 1. The van der Waals surface area contributed by atoms with Crippen LogP contribution in [0.2, 0.25) is 0 Å². The van der Waals surface area contributed by atoms with Crippen LogP contribution in [-0.4, -0.2) is 70.4 Å². The summed E-state index contributed by atoms with van der Waals surface area (Å²) in [7, 11) is -3.34. The van der Waals surface area contributed by atoms with E-state index in [1.54, 1.807) is 0 Å². The van der Waals surface area contributed by atoms with Crippen molar-refractivity contribution >= 4 is 15.7 Å². The van der Waals surface area contributed by atoms with E-state index in [4.69, 9.17) is 4.42 Å². The molecule has 0 radical (unpaired) electrons. The van der Waals surface area contributed by atoms with Crippen LogP contribution in [-0.2, 0) is 15.6 Å². The second-order valence-electron chi connectivity index (χ2n) is 5.89. The van der Waals surface area contributed by atoms with Crippen LogP contribution >= 0.6 is 0 Å². The third-order valence-electron chi connectivity index (χ3n) is 3.72. The molecule has 11 heteroatoms. The highest BCUT2D eigenvalue weighted by atomic mass is 32.2. The first-order chi connectivity index (χ1) is 11.6. The Labute approximate surface area is 143 Å². The number of halogens is 3. The highest BCUT2D eigenvalue weighted by Crippen LogP contribution is 2.25. The van der Waals surface area contributed by atoms with E-state index in [-0.39, 0.29) is 30.4 Å². The first-order valence-corrected chi connectivity index (χ1v) is 9.68. The van der Waals surface area contributed by atoms with Crippen molar-refractivity contribution < 1.29 is 30.8 Å². The van der Waals surface area contributed by atoms with Crippen LogP contribution in [0.3, 0.4) is 0 Å². The van der Waals surface area contributed by atoms with Crippen molar-refractivity contribution in [2.45, 2.75) is 18.0 Å². The van der Waals surface area contributed by atoms with Gasteiger partial charge in [-0.3, -0.25) is 9.69 Å². The number of nitrogens with zero attached hydrogens (tertiary/aromatic N) is 1. The fraction of sp³-hybridized carbons (Fsp3) is 0.643.